The molecule has 2 rings (SSSR count). The van der Waals surface area contributed by atoms with E-state index in [0.717, 1.165) is 19.5 Å². The SMILES string of the molecule is C[C@@H]1C[C@@H](C)N(Cc2ccccc2)C[C@@H]1NC(=O)OC(C)(C)C. The Bertz CT molecular complexity index is 510. The number of carbonyl (C=O) groups excluding carboxylic acids is 1. The van der Waals surface area contributed by atoms with Crippen LogP contribution in [0.2, 0.25) is 0 Å². The monoisotopic (exact) mass is 318 g/mol. The summed E-state index contributed by atoms with van der Waals surface area (Å²) in [5, 5.41) is 3.06. The predicted molar refractivity (Wildman–Crippen MR) is 93.3 cm³/mol. The molecule has 1 aliphatic rings. The fraction of sp³-hybridized carbons (Fsp3) is 0.632. The van der Waals surface area contributed by atoms with E-state index < -0.39 is 5.60 Å². The van der Waals surface area contributed by atoms with Crippen LogP contribution < -0.4 is 5.32 Å². The molecule has 0 saturated carbocycles. The van der Waals surface area contributed by atoms with Gasteiger partial charge in [0.15, 0.2) is 0 Å². The predicted octanol–water partition coefficient (Wildman–Crippen LogP) is 3.81. The normalized spacial score (nSPS) is 25.9. The highest BCUT2D eigenvalue weighted by Crippen LogP contribution is 2.24. The maximum Gasteiger partial charge on any atom is 0.407 e. The Balaban J connectivity index is 1.96. The summed E-state index contributed by atoms with van der Waals surface area (Å²) in [6.45, 7) is 11.9. The van der Waals surface area contributed by atoms with Gasteiger partial charge in [0.05, 0.1) is 0 Å². The topological polar surface area (TPSA) is 41.6 Å². The van der Waals surface area contributed by atoms with E-state index in [9.17, 15) is 4.79 Å². The van der Waals surface area contributed by atoms with Gasteiger partial charge in [0.25, 0.3) is 0 Å². The number of hydrogen-bond acceptors (Lipinski definition) is 3. The third-order valence-corrected chi connectivity index (χ3v) is 4.38. The molecule has 0 aromatic heterocycles. The largest absolute Gasteiger partial charge is 0.444 e. The highest BCUT2D eigenvalue weighted by atomic mass is 16.6. The van der Waals surface area contributed by atoms with Crippen LogP contribution in [0.1, 0.15) is 46.6 Å². The van der Waals surface area contributed by atoms with Gasteiger partial charge >= 0.3 is 6.09 Å². The van der Waals surface area contributed by atoms with Crippen LogP contribution in [-0.2, 0) is 11.3 Å². The minimum Gasteiger partial charge on any atom is -0.444 e. The summed E-state index contributed by atoms with van der Waals surface area (Å²) in [5.74, 6) is 0.449. The van der Waals surface area contributed by atoms with Gasteiger partial charge in [0.1, 0.15) is 5.60 Å². The summed E-state index contributed by atoms with van der Waals surface area (Å²) in [6.07, 6.45) is 0.761. The Morgan fingerprint density at radius 3 is 2.52 bits per heavy atom. The van der Waals surface area contributed by atoms with Crippen LogP contribution in [-0.4, -0.2) is 35.2 Å². The summed E-state index contributed by atoms with van der Waals surface area (Å²) in [4.78, 5) is 14.5. The lowest BCUT2D eigenvalue weighted by Crippen LogP contribution is -2.55. The van der Waals surface area contributed by atoms with E-state index in [-0.39, 0.29) is 12.1 Å². The van der Waals surface area contributed by atoms with E-state index >= 15 is 0 Å². The molecular weight excluding hydrogens is 288 g/mol. The van der Waals surface area contributed by atoms with Crippen molar-refractivity contribution < 1.29 is 9.53 Å². The summed E-state index contributed by atoms with van der Waals surface area (Å²) in [7, 11) is 0. The van der Waals surface area contributed by atoms with Crippen molar-refractivity contribution in [3.8, 4) is 0 Å². The molecule has 1 aliphatic heterocycles. The molecule has 1 amide bonds. The Morgan fingerprint density at radius 1 is 1.26 bits per heavy atom. The van der Waals surface area contributed by atoms with Crippen molar-refractivity contribution in [1.29, 1.82) is 0 Å². The number of alkyl carbamates (subject to hydrolysis) is 1. The number of amides is 1. The van der Waals surface area contributed by atoms with Crippen molar-refractivity contribution >= 4 is 6.09 Å². The summed E-state index contributed by atoms with van der Waals surface area (Å²) >= 11 is 0. The van der Waals surface area contributed by atoms with Crippen molar-refractivity contribution in [2.24, 2.45) is 5.92 Å². The summed E-state index contributed by atoms with van der Waals surface area (Å²) in [5.41, 5.74) is 0.851. The van der Waals surface area contributed by atoms with Gasteiger partial charge in [-0.1, -0.05) is 37.3 Å². The van der Waals surface area contributed by atoms with Gasteiger partial charge in [0.2, 0.25) is 0 Å². The Kier molecular flexibility index (Phi) is 5.69. The van der Waals surface area contributed by atoms with E-state index in [1.54, 1.807) is 0 Å². The van der Waals surface area contributed by atoms with Crippen molar-refractivity contribution in [2.75, 3.05) is 6.54 Å². The Labute approximate surface area is 140 Å². The molecule has 128 valence electrons. The standard InChI is InChI=1S/C19H30N2O2/c1-14-11-15(2)21(12-16-9-7-6-8-10-16)13-17(14)20-18(22)23-19(3,4)5/h6-10,14-15,17H,11-13H2,1-5H3,(H,20,22)/t14-,15-,17+/m1/s1. The highest BCUT2D eigenvalue weighted by Gasteiger charge is 2.32. The third kappa shape index (κ3) is 5.54. The molecule has 1 N–H and O–H groups in total. The fourth-order valence-electron chi connectivity index (χ4n) is 3.15. The number of benzene rings is 1. The van der Waals surface area contributed by atoms with Gasteiger partial charge in [-0.3, -0.25) is 4.90 Å². The number of ether oxygens (including phenoxy) is 1. The first-order chi connectivity index (χ1) is 10.7. The lowest BCUT2D eigenvalue weighted by atomic mass is 9.88. The van der Waals surface area contributed by atoms with Crippen LogP contribution in [0.5, 0.6) is 0 Å². The van der Waals surface area contributed by atoms with Crippen LogP contribution in [0, 0.1) is 5.92 Å². The molecule has 1 fully saturated rings. The molecule has 23 heavy (non-hydrogen) atoms. The Morgan fingerprint density at radius 2 is 1.91 bits per heavy atom. The molecule has 1 aromatic carbocycles. The third-order valence-electron chi connectivity index (χ3n) is 4.38. The van der Waals surface area contributed by atoms with E-state index in [1.165, 1.54) is 5.56 Å². The zero-order chi connectivity index (χ0) is 17.0. The maximum absolute atomic E-state index is 12.1. The minimum absolute atomic E-state index is 0.129. The second kappa shape index (κ2) is 7.35. The molecule has 4 nitrogen and oxygen atoms in total. The van der Waals surface area contributed by atoms with Gasteiger partial charge in [-0.2, -0.15) is 0 Å². The van der Waals surface area contributed by atoms with Crippen LogP contribution in [0.4, 0.5) is 4.79 Å². The molecule has 1 aromatic rings. The van der Waals surface area contributed by atoms with E-state index in [4.69, 9.17) is 4.74 Å². The van der Waals surface area contributed by atoms with Crippen LogP contribution in [0.3, 0.4) is 0 Å². The average molecular weight is 318 g/mol. The first kappa shape index (κ1) is 17.8. The van der Waals surface area contributed by atoms with E-state index in [1.807, 2.05) is 26.8 Å². The summed E-state index contributed by atoms with van der Waals surface area (Å²) in [6, 6.07) is 11.1. The smallest absolute Gasteiger partial charge is 0.407 e. The van der Waals surface area contributed by atoms with Crippen molar-refractivity contribution in [1.82, 2.24) is 10.2 Å². The first-order valence-electron chi connectivity index (χ1n) is 8.52. The van der Waals surface area contributed by atoms with E-state index in [2.05, 4.69) is 48.3 Å². The number of likely N-dealkylation sites (tertiary alicyclic amines) is 1. The second-order valence-corrected chi connectivity index (χ2v) is 7.73. The van der Waals surface area contributed by atoms with Crippen molar-refractivity contribution in [2.45, 2.75) is 65.3 Å². The molecule has 0 aliphatic carbocycles. The molecule has 0 spiro atoms. The second-order valence-electron chi connectivity index (χ2n) is 7.73. The van der Waals surface area contributed by atoms with Crippen LogP contribution in [0.25, 0.3) is 0 Å². The lowest BCUT2D eigenvalue weighted by Gasteiger charge is -2.42. The number of nitrogens with zero attached hydrogens (tertiary/aromatic N) is 1. The molecule has 1 heterocycles. The minimum atomic E-state index is -0.459. The number of piperidine rings is 1. The zero-order valence-electron chi connectivity index (χ0n) is 15.0. The Hall–Kier alpha value is -1.55. The quantitative estimate of drug-likeness (QED) is 0.921. The number of hydrogen-bond donors (Lipinski definition) is 1. The highest BCUT2D eigenvalue weighted by molar-refractivity contribution is 5.68. The van der Waals surface area contributed by atoms with Gasteiger partial charge in [-0.15, -0.1) is 0 Å². The number of rotatable bonds is 3. The van der Waals surface area contributed by atoms with Gasteiger partial charge in [-0.05, 0) is 45.6 Å². The molecule has 0 unspecified atom stereocenters. The molecular formula is C19H30N2O2. The molecule has 1 saturated heterocycles. The van der Waals surface area contributed by atoms with Crippen LogP contribution >= 0.6 is 0 Å². The molecule has 4 heteroatoms. The zero-order valence-corrected chi connectivity index (χ0v) is 15.0. The first-order valence-corrected chi connectivity index (χ1v) is 8.52. The molecule has 0 radical (unpaired) electrons. The lowest BCUT2D eigenvalue weighted by molar-refractivity contribution is 0.0377. The van der Waals surface area contributed by atoms with Gasteiger partial charge < -0.3 is 10.1 Å². The molecule has 0 bridgehead atoms. The van der Waals surface area contributed by atoms with Crippen LogP contribution in [0.15, 0.2) is 30.3 Å². The number of nitrogens with one attached hydrogen (secondary N) is 1. The van der Waals surface area contributed by atoms with Gasteiger partial charge in [-0.25, -0.2) is 4.79 Å². The fourth-order valence-corrected chi connectivity index (χ4v) is 3.15. The summed E-state index contributed by atoms with van der Waals surface area (Å²) < 4.78 is 5.40. The number of carbonyl (C=O) groups is 1. The van der Waals surface area contributed by atoms with Crippen molar-refractivity contribution in [3.05, 3.63) is 35.9 Å². The average Bonchev–Trinajstić information content (AvgIpc) is 2.43. The maximum atomic E-state index is 12.1. The van der Waals surface area contributed by atoms with Gasteiger partial charge in [0, 0.05) is 25.2 Å². The molecule has 3 atom stereocenters. The van der Waals surface area contributed by atoms with E-state index in [0.29, 0.717) is 12.0 Å². The van der Waals surface area contributed by atoms with Crippen molar-refractivity contribution in [3.63, 3.8) is 0 Å².